The van der Waals surface area contributed by atoms with Crippen molar-refractivity contribution >= 4 is 26.0 Å². The van der Waals surface area contributed by atoms with Gasteiger partial charge in [0, 0.05) is 6.04 Å². The minimum Gasteiger partial charge on any atom is -0.212 e. The minimum absolute atomic E-state index is 0.00765. The zero-order valence-electron chi connectivity index (χ0n) is 8.50. The van der Waals surface area contributed by atoms with Crippen LogP contribution in [-0.2, 0) is 10.0 Å². The molecule has 0 spiro atoms. The third-order valence-corrected chi connectivity index (χ3v) is 5.70. The lowest BCUT2D eigenvalue weighted by molar-refractivity contribution is 0.306. The topological polar surface area (TPSA) is 46.2 Å². The molecule has 1 aliphatic rings. The van der Waals surface area contributed by atoms with E-state index >= 15 is 0 Å². The Labute approximate surface area is 94.8 Å². The van der Waals surface area contributed by atoms with Crippen molar-refractivity contribution in [3.05, 3.63) is 0 Å². The third kappa shape index (κ3) is 3.87. The summed E-state index contributed by atoms with van der Waals surface area (Å²) in [5.74, 6) is 0.805. The number of nitrogens with one attached hydrogen (secondary N) is 1. The van der Waals surface area contributed by atoms with Gasteiger partial charge >= 0.3 is 0 Å². The summed E-state index contributed by atoms with van der Waals surface area (Å²) in [5, 5.41) is 0. The van der Waals surface area contributed by atoms with Crippen molar-refractivity contribution in [2.45, 2.75) is 45.1 Å². The van der Waals surface area contributed by atoms with Crippen LogP contribution < -0.4 is 4.72 Å². The van der Waals surface area contributed by atoms with E-state index in [-0.39, 0.29) is 10.7 Å². The molecular weight excluding hydrogens is 266 g/mol. The van der Waals surface area contributed by atoms with E-state index < -0.39 is 10.0 Å². The van der Waals surface area contributed by atoms with E-state index in [1.54, 1.807) is 0 Å². The fourth-order valence-corrected chi connectivity index (χ4v) is 3.18. The summed E-state index contributed by atoms with van der Waals surface area (Å²) in [4.78, 5) is 0. The molecule has 1 N–H and O–H groups in total. The second-order valence-corrected chi connectivity index (χ2v) is 7.02. The van der Waals surface area contributed by atoms with Crippen molar-refractivity contribution in [2.24, 2.45) is 5.92 Å². The Morgan fingerprint density at radius 1 is 1.29 bits per heavy atom. The van der Waals surface area contributed by atoms with Gasteiger partial charge < -0.3 is 0 Å². The molecule has 0 heterocycles. The van der Waals surface area contributed by atoms with Gasteiger partial charge in [0.25, 0.3) is 0 Å². The first-order valence-corrected chi connectivity index (χ1v) is 7.90. The molecule has 14 heavy (non-hydrogen) atoms. The van der Waals surface area contributed by atoms with Gasteiger partial charge in [-0.2, -0.15) is 0 Å². The summed E-state index contributed by atoms with van der Waals surface area (Å²) in [5.41, 5.74) is 0. The van der Waals surface area contributed by atoms with Gasteiger partial charge in [-0.05, 0) is 31.6 Å². The summed E-state index contributed by atoms with van der Waals surface area (Å²) >= 11 is 2.97. The predicted octanol–water partition coefficient (Wildman–Crippen LogP) is 2.23. The number of rotatable bonds is 4. The lowest BCUT2D eigenvalue weighted by Gasteiger charge is -2.27. The molecule has 3 nitrogen and oxygen atoms in total. The molecule has 0 amide bonds. The number of halogens is 1. The van der Waals surface area contributed by atoms with Crippen molar-refractivity contribution in [1.29, 1.82) is 0 Å². The van der Waals surface area contributed by atoms with Crippen LogP contribution in [0.3, 0.4) is 0 Å². The molecule has 0 atom stereocenters. The van der Waals surface area contributed by atoms with Crippen molar-refractivity contribution in [3.63, 3.8) is 0 Å². The van der Waals surface area contributed by atoms with Gasteiger partial charge in [0.2, 0.25) is 10.0 Å². The maximum atomic E-state index is 11.3. The van der Waals surface area contributed by atoms with Gasteiger partial charge in [0.15, 0.2) is 0 Å². The van der Waals surface area contributed by atoms with E-state index in [0.717, 1.165) is 31.6 Å². The number of hydrogen-bond acceptors (Lipinski definition) is 2. The van der Waals surface area contributed by atoms with Crippen molar-refractivity contribution in [3.8, 4) is 0 Å². The van der Waals surface area contributed by atoms with Crippen LogP contribution in [0, 0.1) is 5.92 Å². The molecule has 0 aromatic rings. The maximum absolute atomic E-state index is 11.3. The first kappa shape index (κ1) is 12.5. The normalized spacial score (nSPS) is 29.0. The van der Waals surface area contributed by atoms with Crippen LogP contribution in [0.4, 0.5) is 0 Å². The standard InChI is InChI=1S/C9H18BrNO2S/c1-2-8-3-5-9(6-4-8)11-14(12,13)7-10/h8-9,11H,2-7H2,1H3. The molecule has 84 valence electrons. The van der Waals surface area contributed by atoms with Crippen molar-refractivity contribution in [1.82, 2.24) is 4.72 Å². The zero-order valence-corrected chi connectivity index (χ0v) is 10.9. The average molecular weight is 284 g/mol. The van der Waals surface area contributed by atoms with E-state index in [1.165, 1.54) is 6.42 Å². The minimum atomic E-state index is -3.08. The highest BCUT2D eigenvalue weighted by Gasteiger charge is 2.23. The number of hydrogen-bond donors (Lipinski definition) is 1. The third-order valence-electron chi connectivity index (χ3n) is 2.91. The maximum Gasteiger partial charge on any atom is 0.221 e. The predicted molar refractivity (Wildman–Crippen MR) is 61.9 cm³/mol. The average Bonchev–Trinajstić information content (AvgIpc) is 2.19. The smallest absolute Gasteiger partial charge is 0.212 e. The largest absolute Gasteiger partial charge is 0.221 e. The molecule has 0 unspecified atom stereocenters. The summed E-state index contributed by atoms with van der Waals surface area (Å²) in [7, 11) is -3.08. The highest BCUT2D eigenvalue weighted by Crippen LogP contribution is 2.26. The molecule has 0 radical (unpaired) electrons. The Morgan fingerprint density at radius 3 is 2.29 bits per heavy atom. The molecule has 0 aromatic heterocycles. The zero-order chi connectivity index (χ0) is 10.6. The Morgan fingerprint density at radius 2 is 1.86 bits per heavy atom. The second kappa shape index (κ2) is 5.47. The van der Waals surface area contributed by atoms with E-state index in [0.29, 0.717) is 0 Å². The molecule has 0 bridgehead atoms. The molecule has 0 aliphatic heterocycles. The van der Waals surface area contributed by atoms with Crippen LogP contribution in [0.5, 0.6) is 0 Å². The molecule has 1 rings (SSSR count). The highest BCUT2D eigenvalue weighted by atomic mass is 79.9. The Kier molecular flexibility index (Phi) is 4.87. The Hall–Kier alpha value is 0.390. The molecule has 0 aromatic carbocycles. The number of sulfonamides is 1. The molecule has 0 saturated heterocycles. The van der Waals surface area contributed by atoms with E-state index in [1.807, 2.05) is 0 Å². The van der Waals surface area contributed by atoms with Gasteiger partial charge in [-0.15, -0.1) is 0 Å². The lowest BCUT2D eigenvalue weighted by atomic mass is 9.85. The van der Waals surface area contributed by atoms with Crippen molar-refractivity contribution < 1.29 is 8.42 Å². The van der Waals surface area contributed by atoms with Crippen LogP contribution in [0.25, 0.3) is 0 Å². The van der Waals surface area contributed by atoms with E-state index in [2.05, 4.69) is 27.6 Å². The summed E-state index contributed by atoms with van der Waals surface area (Å²) in [6.07, 6.45) is 5.52. The van der Waals surface area contributed by atoms with Crippen LogP contribution in [-0.4, -0.2) is 19.1 Å². The Balaban J connectivity index is 2.36. The monoisotopic (exact) mass is 283 g/mol. The van der Waals surface area contributed by atoms with Crippen LogP contribution in [0.1, 0.15) is 39.0 Å². The quantitative estimate of drug-likeness (QED) is 0.805. The van der Waals surface area contributed by atoms with Gasteiger partial charge in [0.1, 0.15) is 4.66 Å². The van der Waals surface area contributed by atoms with Gasteiger partial charge in [-0.1, -0.05) is 29.3 Å². The highest BCUT2D eigenvalue weighted by molar-refractivity contribution is 9.10. The van der Waals surface area contributed by atoms with Crippen LogP contribution in [0.15, 0.2) is 0 Å². The summed E-state index contributed by atoms with van der Waals surface area (Å²) < 4.78 is 25.2. The summed E-state index contributed by atoms with van der Waals surface area (Å²) in [6.45, 7) is 2.20. The second-order valence-electron chi connectivity index (χ2n) is 3.97. The molecular formula is C9H18BrNO2S. The van der Waals surface area contributed by atoms with Crippen LogP contribution >= 0.6 is 15.9 Å². The van der Waals surface area contributed by atoms with Gasteiger partial charge in [-0.25, -0.2) is 13.1 Å². The molecule has 1 aliphatic carbocycles. The van der Waals surface area contributed by atoms with Gasteiger partial charge in [-0.3, -0.25) is 0 Å². The summed E-state index contributed by atoms with van der Waals surface area (Å²) in [6, 6.07) is 0.167. The van der Waals surface area contributed by atoms with Gasteiger partial charge in [0.05, 0.1) is 0 Å². The van der Waals surface area contributed by atoms with Crippen molar-refractivity contribution in [2.75, 3.05) is 4.66 Å². The molecule has 1 fully saturated rings. The van der Waals surface area contributed by atoms with E-state index in [9.17, 15) is 8.42 Å². The number of alkyl halides is 1. The van der Waals surface area contributed by atoms with E-state index in [4.69, 9.17) is 0 Å². The fourth-order valence-electron chi connectivity index (χ4n) is 1.97. The lowest BCUT2D eigenvalue weighted by Crippen LogP contribution is -2.37. The SMILES string of the molecule is CCC1CCC(NS(=O)(=O)CBr)CC1. The molecule has 5 heteroatoms. The first-order valence-electron chi connectivity index (χ1n) is 5.13. The fraction of sp³-hybridized carbons (Fsp3) is 1.00. The Bertz CT molecular complexity index is 258. The van der Waals surface area contributed by atoms with Crippen LogP contribution in [0.2, 0.25) is 0 Å². The molecule has 1 saturated carbocycles. The first-order chi connectivity index (χ1) is 6.57.